The number of nitrogens with zero attached hydrogens (tertiary/aromatic N) is 1. The summed E-state index contributed by atoms with van der Waals surface area (Å²) >= 11 is 1.67. The Morgan fingerprint density at radius 3 is 2.62 bits per heavy atom. The van der Waals surface area contributed by atoms with Gasteiger partial charge in [0.1, 0.15) is 6.10 Å². The maximum atomic E-state index is 14.0. The third kappa shape index (κ3) is 3.97. The van der Waals surface area contributed by atoms with Gasteiger partial charge in [-0.05, 0) is 41.1 Å². The first-order valence-corrected chi connectivity index (χ1v) is 9.91. The van der Waals surface area contributed by atoms with E-state index in [2.05, 4.69) is 35.2 Å². The van der Waals surface area contributed by atoms with Crippen molar-refractivity contribution in [3.05, 3.63) is 87.9 Å². The standard InChI is InChI=1S/C22H22FNOS/c23-19-8-3-4-9-20(19)25-21(22-10-5-15-26-22)12-14-24-13-11-17-6-1-2-7-18(17)16-24/h1-10,15,21H,11-14,16H2/t21-/m1/s1. The van der Waals surface area contributed by atoms with Crippen molar-refractivity contribution in [1.29, 1.82) is 0 Å². The summed E-state index contributed by atoms with van der Waals surface area (Å²) in [6.07, 6.45) is 1.81. The number of hydrogen-bond acceptors (Lipinski definition) is 3. The summed E-state index contributed by atoms with van der Waals surface area (Å²) in [6.45, 7) is 2.98. The Balaban J connectivity index is 1.44. The van der Waals surface area contributed by atoms with Gasteiger partial charge in [0.25, 0.3) is 0 Å². The highest BCUT2D eigenvalue weighted by atomic mass is 32.1. The molecule has 26 heavy (non-hydrogen) atoms. The molecule has 0 N–H and O–H groups in total. The van der Waals surface area contributed by atoms with E-state index in [0.717, 1.165) is 37.4 Å². The summed E-state index contributed by atoms with van der Waals surface area (Å²) < 4.78 is 20.1. The smallest absolute Gasteiger partial charge is 0.165 e. The van der Waals surface area contributed by atoms with Crippen LogP contribution in [0.2, 0.25) is 0 Å². The van der Waals surface area contributed by atoms with Gasteiger partial charge in [-0.15, -0.1) is 11.3 Å². The normalized spacial score (nSPS) is 15.4. The highest BCUT2D eigenvalue weighted by Crippen LogP contribution is 2.30. The fraction of sp³-hybridized carbons (Fsp3) is 0.273. The zero-order chi connectivity index (χ0) is 17.8. The van der Waals surface area contributed by atoms with Crippen molar-refractivity contribution < 1.29 is 9.13 Å². The monoisotopic (exact) mass is 367 g/mol. The summed E-state index contributed by atoms with van der Waals surface area (Å²) in [5, 5.41) is 2.05. The maximum absolute atomic E-state index is 14.0. The predicted molar refractivity (Wildman–Crippen MR) is 104 cm³/mol. The molecule has 1 aromatic heterocycles. The van der Waals surface area contributed by atoms with Crippen LogP contribution in [-0.2, 0) is 13.0 Å². The summed E-state index contributed by atoms with van der Waals surface area (Å²) in [4.78, 5) is 3.61. The number of hydrogen-bond donors (Lipinski definition) is 0. The minimum atomic E-state index is -0.305. The van der Waals surface area contributed by atoms with Crippen LogP contribution in [0.4, 0.5) is 4.39 Å². The molecule has 0 saturated heterocycles. The molecule has 2 heterocycles. The molecule has 1 atom stereocenters. The Labute approximate surface area is 157 Å². The molecule has 1 aliphatic rings. The van der Waals surface area contributed by atoms with Gasteiger partial charge in [-0.3, -0.25) is 4.90 Å². The Morgan fingerprint density at radius 2 is 1.81 bits per heavy atom. The Kier molecular flexibility index (Phi) is 5.32. The van der Waals surface area contributed by atoms with Crippen molar-refractivity contribution in [2.24, 2.45) is 0 Å². The highest BCUT2D eigenvalue weighted by Gasteiger charge is 2.20. The molecule has 0 aliphatic carbocycles. The SMILES string of the molecule is Fc1ccccc1O[C@H](CCN1CCc2ccccc2C1)c1cccs1. The van der Waals surface area contributed by atoms with E-state index in [1.54, 1.807) is 23.5 Å². The van der Waals surface area contributed by atoms with Crippen molar-refractivity contribution in [2.75, 3.05) is 13.1 Å². The van der Waals surface area contributed by atoms with Gasteiger partial charge in [-0.2, -0.15) is 0 Å². The average molecular weight is 367 g/mol. The first kappa shape index (κ1) is 17.3. The first-order valence-electron chi connectivity index (χ1n) is 9.03. The first-order chi connectivity index (χ1) is 12.8. The molecule has 0 radical (unpaired) electrons. The summed E-state index contributed by atoms with van der Waals surface area (Å²) in [7, 11) is 0. The Hall–Kier alpha value is -2.17. The van der Waals surface area contributed by atoms with E-state index in [1.807, 2.05) is 17.5 Å². The molecule has 134 valence electrons. The Morgan fingerprint density at radius 1 is 1.00 bits per heavy atom. The van der Waals surface area contributed by atoms with Gasteiger partial charge in [0, 0.05) is 30.9 Å². The molecular formula is C22H22FNOS. The highest BCUT2D eigenvalue weighted by molar-refractivity contribution is 7.10. The van der Waals surface area contributed by atoms with Gasteiger partial charge in [-0.25, -0.2) is 4.39 Å². The maximum Gasteiger partial charge on any atom is 0.165 e. The van der Waals surface area contributed by atoms with Crippen LogP contribution in [0.25, 0.3) is 0 Å². The Bertz CT molecular complexity index is 849. The third-order valence-electron chi connectivity index (χ3n) is 4.88. The number of halogens is 1. The van der Waals surface area contributed by atoms with Crippen LogP contribution in [0.1, 0.15) is 28.5 Å². The van der Waals surface area contributed by atoms with Crippen LogP contribution in [0.15, 0.2) is 66.0 Å². The van der Waals surface area contributed by atoms with E-state index in [9.17, 15) is 4.39 Å². The number of fused-ring (bicyclic) bond motifs is 1. The van der Waals surface area contributed by atoms with Crippen molar-refractivity contribution >= 4 is 11.3 Å². The fourth-order valence-electron chi connectivity index (χ4n) is 3.47. The summed E-state index contributed by atoms with van der Waals surface area (Å²) in [5.74, 6) is 0.0239. The van der Waals surface area contributed by atoms with E-state index in [4.69, 9.17) is 4.74 Å². The second kappa shape index (κ2) is 8.02. The number of thiophene rings is 1. The summed E-state index contributed by atoms with van der Waals surface area (Å²) in [6, 6.07) is 19.4. The molecule has 2 nitrogen and oxygen atoms in total. The molecule has 2 aromatic carbocycles. The molecule has 4 heteroatoms. The minimum absolute atomic E-state index is 0.121. The second-order valence-corrected chi connectivity index (χ2v) is 7.62. The van der Waals surface area contributed by atoms with Crippen molar-refractivity contribution in [3.63, 3.8) is 0 Å². The minimum Gasteiger partial charge on any atom is -0.482 e. The number of ether oxygens (including phenoxy) is 1. The average Bonchev–Trinajstić information content (AvgIpc) is 3.21. The van der Waals surface area contributed by atoms with Crippen LogP contribution < -0.4 is 4.74 Å². The molecule has 0 amide bonds. The molecule has 0 saturated carbocycles. The molecular weight excluding hydrogens is 345 g/mol. The van der Waals surface area contributed by atoms with Gasteiger partial charge in [0.2, 0.25) is 0 Å². The zero-order valence-corrected chi connectivity index (χ0v) is 15.4. The molecule has 0 bridgehead atoms. The van der Waals surface area contributed by atoms with Crippen LogP contribution >= 0.6 is 11.3 Å². The van der Waals surface area contributed by atoms with Crippen LogP contribution in [0.5, 0.6) is 5.75 Å². The van der Waals surface area contributed by atoms with Crippen LogP contribution in [-0.4, -0.2) is 18.0 Å². The summed E-state index contributed by atoms with van der Waals surface area (Å²) in [5.41, 5.74) is 2.88. The molecule has 0 unspecified atom stereocenters. The number of benzene rings is 2. The molecule has 3 aromatic rings. The quantitative estimate of drug-likeness (QED) is 0.574. The van der Waals surface area contributed by atoms with E-state index < -0.39 is 0 Å². The van der Waals surface area contributed by atoms with Gasteiger partial charge in [-0.1, -0.05) is 42.5 Å². The van der Waals surface area contributed by atoms with Gasteiger partial charge in [0.15, 0.2) is 11.6 Å². The lowest BCUT2D eigenvalue weighted by molar-refractivity contribution is 0.155. The van der Waals surface area contributed by atoms with Crippen molar-refractivity contribution in [2.45, 2.75) is 25.5 Å². The number of rotatable bonds is 6. The zero-order valence-electron chi connectivity index (χ0n) is 14.6. The number of para-hydroxylation sites is 1. The lowest BCUT2D eigenvalue weighted by Gasteiger charge is -2.30. The molecule has 0 spiro atoms. The van der Waals surface area contributed by atoms with E-state index >= 15 is 0 Å². The van der Waals surface area contributed by atoms with E-state index in [1.165, 1.54) is 17.2 Å². The van der Waals surface area contributed by atoms with Gasteiger partial charge >= 0.3 is 0 Å². The van der Waals surface area contributed by atoms with Crippen molar-refractivity contribution in [1.82, 2.24) is 4.90 Å². The van der Waals surface area contributed by atoms with Crippen LogP contribution in [0, 0.1) is 5.82 Å². The molecule has 1 aliphatic heterocycles. The largest absolute Gasteiger partial charge is 0.482 e. The van der Waals surface area contributed by atoms with Crippen LogP contribution in [0.3, 0.4) is 0 Å². The predicted octanol–water partition coefficient (Wildman–Crippen LogP) is 5.46. The van der Waals surface area contributed by atoms with E-state index in [0.29, 0.717) is 5.75 Å². The van der Waals surface area contributed by atoms with Gasteiger partial charge in [0.05, 0.1) is 0 Å². The topological polar surface area (TPSA) is 12.5 Å². The second-order valence-electron chi connectivity index (χ2n) is 6.64. The molecule has 0 fully saturated rings. The lowest BCUT2D eigenvalue weighted by atomic mass is 9.99. The molecule has 4 rings (SSSR count). The van der Waals surface area contributed by atoms with Crippen molar-refractivity contribution in [3.8, 4) is 5.75 Å². The fourth-order valence-corrected chi connectivity index (χ4v) is 4.26. The van der Waals surface area contributed by atoms with Gasteiger partial charge < -0.3 is 4.74 Å². The van der Waals surface area contributed by atoms with E-state index in [-0.39, 0.29) is 11.9 Å². The third-order valence-corrected chi connectivity index (χ3v) is 5.85. The lowest BCUT2D eigenvalue weighted by Crippen LogP contribution is -2.32.